The first-order chi connectivity index (χ1) is 14.0. The van der Waals surface area contributed by atoms with Gasteiger partial charge in [0.2, 0.25) is 9.84 Å². The summed E-state index contributed by atoms with van der Waals surface area (Å²) in [5, 5.41) is 0. The van der Waals surface area contributed by atoms with Crippen molar-refractivity contribution in [2.45, 2.75) is 54.4 Å². The molecule has 0 spiro atoms. The third-order valence-corrected chi connectivity index (χ3v) is 7.34. The van der Waals surface area contributed by atoms with Crippen LogP contribution in [0.25, 0.3) is 11.2 Å². The van der Waals surface area contributed by atoms with E-state index in [4.69, 9.17) is 4.74 Å². The zero-order valence-corrected chi connectivity index (χ0v) is 17.1. The van der Waals surface area contributed by atoms with Gasteiger partial charge in [0, 0.05) is 18.4 Å². The Kier molecular flexibility index (Phi) is 5.36. The van der Waals surface area contributed by atoms with Crippen LogP contribution in [-0.2, 0) is 25.8 Å². The molecular formula is C21H23N3O4S. The molecule has 0 aliphatic heterocycles. The molecule has 2 heterocycles. The van der Waals surface area contributed by atoms with Crippen LogP contribution < -0.4 is 0 Å². The van der Waals surface area contributed by atoms with Crippen molar-refractivity contribution in [2.75, 3.05) is 7.11 Å². The number of benzene rings is 1. The highest BCUT2D eigenvalue weighted by Crippen LogP contribution is 2.38. The highest BCUT2D eigenvalue weighted by atomic mass is 32.2. The first-order valence-corrected chi connectivity index (χ1v) is 11.2. The van der Waals surface area contributed by atoms with Gasteiger partial charge in [0.05, 0.1) is 24.1 Å². The summed E-state index contributed by atoms with van der Waals surface area (Å²) in [7, 11) is -2.60. The van der Waals surface area contributed by atoms with E-state index in [1.165, 1.54) is 13.3 Å². The normalized spacial score (nSPS) is 15.5. The first-order valence-electron chi connectivity index (χ1n) is 9.74. The van der Waals surface area contributed by atoms with Crippen molar-refractivity contribution in [2.24, 2.45) is 0 Å². The standard InChI is InChI=1S/C21H23N3O4S/c1-28-18(25)14-17-20(29(26,27)16-10-6-3-7-11-16)19-21(23-13-12-22-19)24(17)15-8-4-2-5-9-15/h3,6-7,10-13,15H,2,4-5,8-9,14H2,1H3. The summed E-state index contributed by atoms with van der Waals surface area (Å²) in [6.07, 6.45) is 8.00. The Morgan fingerprint density at radius 2 is 1.79 bits per heavy atom. The maximum absolute atomic E-state index is 13.6. The van der Waals surface area contributed by atoms with Crippen LogP contribution in [0.3, 0.4) is 0 Å². The minimum absolute atomic E-state index is 0.0581. The molecule has 7 nitrogen and oxygen atoms in total. The molecule has 8 heteroatoms. The van der Waals surface area contributed by atoms with Gasteiger partial charge >= 0.3 is 5.97 Å². The predicted octanol–water partition coefficient (Wildman–Crippen LogP) is 3.48. The van der Waals surface area contributed by atoms with Gasteiger partial charge < -0.3 is 9.30 Å². The van der Waals surface area contributed by atoms with Gasteiger partial charge in [0.15, 0.2) is 5.65 Å². The van der Waals surface area contributed by atoms with Crippen LogP contribution in [0.5, 0.6) is 0 Å². The van der Waals surface area contributed by atoms with Gasteiger partial charge in [0.25, 0.3) is 0 Å². The first kappa shape index (κ1) is 19.6. The quantitative estimate of drug-likeness (QED) is 0.595. The van der Waals surface area contributed by atoms with Crippen molar-refractivity contribution in [1.29, 1.82) is 0 Å². The number of rotatable bonds is 5. The van der Waals surface area contributed by atoms with Crippen LogP contribution >= 0.6 is 0 Å². The molecule has 1 aliphatic carbocycles. The van der Waals surface area contributed by atoms with E-state index in [0.717, 1.165) is 32.1 Å². The highest BCUT2D eigenvalue weighted by Gasteiger charge is 2.34. The number of hydrogen-bond acceptors (Lipinski definition) is 6. The third kappa shape index (κ3) is 3.53. The van der Waals surface area contributed by atoms with E-state index in [-0.39, 0.29) is 22.3 Å². The fourth-order valence-electron chi connectivity index (χ4n) is 4.15. The van der Waals surface area contributed by atoms with Crippen LogP contribution in [-0.4, -0.2) is 36.0 Å². The molecule has 1 aromatic carbocycles. The third-order valence-electron chi connectivity index (χ3n) is 5.48. The van der Waals surface area contributed by atoms with Crippen molar-refractivity contribution in [3.8, 4) is 0 Å². The molecule has 0 unspecified atom stereocenters. The molecular weight excluding hydrogens is 390 g/mol. The smallest absolute Gasteiger partial charge is 0.311 e. The van der Waals surface area contributed by atoms with E-state index >= 15 is 0 Å². The Balaban J connectivity index is 2.02. The van der Waals surface area contributed by atoms with Gasteiger partial charge in [-0.2, -0.15) is 0 Å². The lowest BCUT2D eigenvalue weighted by molar-refractivity contribution is -0.139. The molecule has 0 amide bonds. The predicted molar refractivity (Wildman–Crippen MR) is 107 cm³/mol. The highest BCUT2D eigenvalue weighted by molar-refractivity contribution is 7.91. The summed E-state index contributed by atoms with van der Waals surface area (Å²) in [4.78, 5) is 21.3. The molecule has 4 rings (SSSR count). The molecule has 152 valence electrons. The number of hydrogen-bond donors (Lipinski definition) is 0. The van der Waals surface area contributed by atoms with Crippen molar-refractivity contribution >= 4 is 27.0 Å². The number of aromatic nitrogens is 3. The topological polar surface area (TPSA) is 91.2 Å². The number of fused-ring (bicyclic) bond motifs is 1. The second kappa shape index (κ2) is 7.94. The average Bonchev–Trinajstić information content (AvgIpc) is 3.09. The molecule has 0 bridgehead atoms. The van der Waals surface area contributed by atoms with Crippen LogP contribution in [0.2, 0.25) is 0 Å². The second-order valence-electron chi connectivity index (χ2n) is 7.24. The lowest BCUT2D eigenvalue weighted by atomic mass is 9.95. The van der Waals surface area contributed by atoms with Crippen molar-refractivity contribution in [1.82, 2.24) is 14.5 Å². The Bertz CT molecular complexity index is 1130. The lowest BCUT2D eigenvalue weighted by Gasteiger charge is -2.26. The molecule has 1 fully saturated rings. The fourth-order valence-corrected chi connectivity index (χ4v) is 5.78. The van der Waals surface area contributed by atoms with E-state index < -0.39 is 15.8 Å². The van der Waals surface area contributed by atoms with Crippen molar-refractivity contribution < 1.29 is 17.9 Å². The molecule has 3 aromatic rings. The summed E-state index contributed by atoms with van der Waals surface area (Å²) in [5.41, 5.74) is 1.22. The number of carbonyl (C=O) groups excluding carboxylic acids is 1. The molecule has 0 radical (unpaired) electrons. The van der Waals surface area contributed by atoms with Gasteiger partial charge in [-0.05, 0) is 25.0 Å². The fraction of sp³-hybridized carbons (Fsp3) is 0.381. The van der Waals surface area contributed by atoms with Crippen molar-refractivity contribution in [3.05, 3.63) is 48.4 Å². The minimum atomic E-state index is -3.90. The summed E-state index contributed by atoms with van der Waals surface area (Å²) in [6.45, 7) is 0. The van der Waals surface area contributed by atoms with Crippen LogP contribution in [0.4, 0.5) is 0 Å². The summed E-state index contributed by atoms with van der Waals surface area (Å²) in [6, 6.07) is 8.31. The van der Waals surface area contributed by atoms with Crippen LogP contribution in [0.1, 0.15) is 43.8 Å². The van der Waals surface area contributed by atoms with E-state index in [1.807, 2.05) is 4.57 Å². The van der Waals surface area contributed by atoms with Crippen molar-refractivity contribution in [3.63, 3.8) is 0 Å². The second-order valence-corrected chi connectivity index (χ2v) is 9.12. The summed E-state index contributed by atoms with van der Waals surface area (Å²) < 4.78 is 34.0. The number of ether oxygens (including phenoxy) is 1. The monoisotopic (exact) mass is 413 g/mol. The van der Waals surface area contributed by atoms with Crippen LogP contribution in [0.15, 0.2) is 52.5 Å². The van der Waals surface area contributed by atoms with Crippen LogP contribution in [0, 0.1) is 0 Å². The molecule has 1 saturated carbocycles. The minimum Gasteiger partial charge on any atom is -0.469 e. The number of methoxy groups -OCH3 is 1. The zero-order chi connectivity index (χ0) is 20.4. The molecule has 0 atom stereocenters. The number of carbonyl (C=O) groups is 1. The SMILES string of the molecule is COC(=O)Cc1c(S(=O)(=O)c2ccccc2)c2nccnc2n1C1CCCCC1. The zero-order valence-electron chi connectivity index (χ0n) is 16.2. The number of nitrogens with zero attached hydrogens (tertiary/aromatic N) is 3. The molecule has 0 N–H and O–H groups in total. The van der Waals surface area contributed by atoms with E-state index in [9.17, 15) is 13.2 Å². The van der Waals surface area contributed by atoms with Gasteiger partial charge in [-0.25, -0.2) is 18.4 Å². The summed E-state index contributed by atoms with van der Waals surface area (Å²) in [5.74, 6) is -0.491. The molecule has 0 saturated heterocycles. The molecule has 2 aromatic heterocycles. The molecule has 1 aliphatic rings. The molecule has 29 heavy (non-hydrogen) atoms. The van der Waals surface area contributed by atoms with Gasteiger partial charge in [-0.1, -0.05) is 37.5 Å². The Morgan fingerprint density at radius 1 is 1.10 bits per heavy atom. The Morgan fingerprint density at radius 3 is 2.48 bits per heavy atom. The van der Waals surface area contributed by atoms with E-state index in [0.29, 0.717) is 16.9 Å². The van der Waals surface area contributed by atoms with Gasteiger partial charge in [0.1, 0.15) is 10.4 Å². The van der Waals surface area contributed by atoms with Gasteiger partial charge in [-0.3, -0.25) is 4.79 Å². The summed E-state index contributed by atoms with van der Waals surface area (Å²) >= 11 is 0. The lowest BCUT2D eigenvalue weighted by Crippen LogP contribution is -2.19. The number of esters is 1. The average molecular weight is 413 g/mol. The largest absolute Gasteiger partial charge is 0.469 e. The maximum atomic E-state index is 13.6. The van der Waals surface area contributed by atoms with E-state index in [1.54, 1.807) is 36.5 Å². The van der Waals surface area contributed by atoms with E-state index in [2.05, 4.69) is 9.97 Å². The van der Waals surface area contributed by atoms with Gasteiger partial charge in [-0.15, -0.1) is 0 Å². The Labute approximate surface area is 169 Å². The maximum Gasteiger partial charge on any atom is 0.311 e. The number of sulfone groups is 1. The Hall–Kier alpha value is -2.74.